The van der Waals surface area contributed by atoms with Crippen molar-refractivity contribution in [1.82, 2.24) is 9.78 Å². The number of carboxylic acid groups (broad SMARTS) is 1. The van der Waals surface area contributed by atoms with Gasteiger partial charge in [0, 0.05) is 0 Å². The molecule has 0 aliphatic rings. The number of halogens is 3. The van der Waals surface area contributed by atoms with Gasteiger partial charge in [-0.3, -0.25) is 5.32 Å². The van der Waals surface area contributed by atoms with Crippen molar-refractivity contribution in [3.05, 3.63) is 11.8 Å². The highest BCUT2D eigenvalue weighted by molar-refractivity contribution is 5.97. The number of hydrogen-bond donors (Lipinski definition) is 2. The van der Waals surface area contributed by atoms with Crippen LogP contribution in [0.4, 0.5) is 23.8 Å². The lowest BCUT2D eigenvalue weighted by molar-refractivity contribution is -0.142. The summed E-state index contributed by atoms with van der Waals surface area (Å²) in [5.41, 5.74) is -1.45. The number of nitrogens with zero attached hydrogens (tertiary/aromatic N) is 2. The van der Waals surface area contributed by atoms with Crippen LogP contribution in [0.2, 0.25) is 0 Å². The monoisotopic (exact) mass is 309 g/mol. The van der Waals surface area contributed by atoms with Gasteiger partial charge in [0.15, 0.2) is 0 Å². The van der Waals surface area contributed by atoms with E-state index in [-0.39, 0.29) is 0 Å². The summed E-state index contributed by atoms with van der Waals surface area (Å²) in [5, 5.41) is 14.2. The van der Waals surface area contributed by atoms with Crippen LogP contribution in [0.25, 0.3) is 0 Å². The summed E-state index contributed by atoms with van der Waals surface area (Å²) in [4.78, 5) is 22.5. The van der Waals surface area contributed by atoms with Crippen molar-refractivity contribution in [1.29, 1.82) is 0 Å². The molecule has 0 saturated carbocycles. The molecular weight excluding hydrogens is 295 g/mol. The molecule has 118 valence electrons. The van der Waals surface area contributed by atoms with Crippen LogP contribution in [-0.4, -0.2) is 38.7 Å². The highest BCUT2D eigenvalue weighted by atomic mass is 19.4. The molecule has 10 heteroatoms. The first-order valence-corrected chi connectivity index (χ1v) is 5.75. The fraction of sp³-hybridized carbons (Fsp3) is 0.545. The molecule has 0 saturated heterocycles. The predicted octanol–water partition coefficient (Wildman–Crippen LogP) is 2.49. The van der Waals surface area contributed by atoms with Gasteiger partial charge in [0.25, 0.3) is 0 Å². The molecule has 2 N–H and O–H groups in total. The lowest BCUT2D eigenvalue weighted by Gasteiger charge is -2.20. The largest absolute Gasteiger partial charge is 0.477 e. The molecule has 0 atom stereocenters. The van der Waals surface area contributed by atoms with Crippen LogP contribution in [0.5, 0.6) is 0 Å². The maximum absolute atomic E-state index is 12.4. The Morgan fingerprint density at radius 3 is 2.38 bits per heavy atom. The molecule has 1 amide bonds. The summed E-state index contributed by atoms with van der Waals surface area (Å²) in [5.74, 6) is -2.11. The summed E-state index contributed by atoms with van der Waals surface area (Å²) in [7, 11) is 0. The van der Waals surface area contributed by atoms with Crippen LogP contribution in [0.1, 0.15) is 31.1 Å². The Labute approximate surface area is 117 Å². The number of amides is 1. The highest BCUT2D eigenvalue weighted by Crippen LogP contribution is 2.23. The van der Waals surface area contributed by atoms with Crippen molar-refractivity contribution >= 4 is 17.9 Å². The number of aromatic nitrogens is 2. The molecule has 1 heterocycles. The van der Waals surface area contributed by atoms with Crippen LogP contribution < -0.4 is 5.32 Å². The van der Waals surface area contributed by atoms with Crippen molar-refractivity contribution in [2.75, 3.05) is 5.32 Å². The van der Waals surface area contributed by atoms with Crippen LogP contribution >= 0.6 is 0 Å². The van der Waals surface area contributed by atoms with Gasteiger partial charge in [0.2, 0.25) is 0 Å². The third-order valence-corrected chi connectivity index (χ3v) is 2.02. The van der Waals surface area contributed by atoms with Gasteiger partial charge in [-0.05, 0) is 20.8 Å². The molecule has 0 bridgehead atoms. The topological polar surface area (TPSA) is 93.4 Å². The normalized spacial score (nSPS) is 12.1. The van der Waals surface area contributed by atoms with E-state index in [1.54, 1.807) is 20.8 Å². The molecule has 0 aromatic carbocycles. The first-order chi connectivity index (χ1) is 9.39. The Kier molecular flexibility index (Phi) is 4.49. The second-order valence-corrected chi connectivity index (χ2v) is 5.11. The zero-order valence-electron chi connectivity index (χ0n) is 11.5. The molecule has 0 fully saturated rings. The smallest absolute Gasteiger partial charge is 0.413 e. The average molecular weight is 309 g/mol. The lowest BCUT2D eigenvalue weighted by atomic mass is 10.2. The molecule has 0 spiro atoms. The van der Waals surface area contributed by atoms with Crippen molar-refractivity contribution in [3.8, 4) is 0 Å². The van der Waals surface area contributed by atoms with E-state index in [0.717, 1.165) is 6.20 Å². The van der Waals surface area contributed by atoms with Gasteiger partial charge >= 0.3 is 18.2 Å². The van der Waals surface area contributed by atoms with Crippen LogP contribution in [0.15, 0.2) is 6.20 Å². The number of ether oxygens (including phenoxy) is 1. The number of aromatic carboxylic acids is 1. The quantitative estimate of drug-likeness (QED) is 0.894. The second kappa shape index (κ2) is 5.62. The van der Waals surface area contributed by atoms with Crippen molar-refractivity contribution in [2.45, 2.75) is 39.1 Å². The molecule has 1 aromatic rings. The zero-order valence-corrected chi connectivity index (χ0v) is 11.5. The van der Waals surface area contributed by atoms with Crippen LogP contribution in [-0.2, 0) is 11.3 Å². The third-order valence-electron chi connectivity index (χ3n) is 2.02. The molecule has 0 aliphatic carbocycles. The molecule has 0 aliphatic heterocycles. The van der Waals surface area contributed by atoms with Crippen LogP contribution in [0.3, 0.4) is 0 Å². The minimum atomic E-state index is -4.62. The van der Waals surface area contributed by atoms with E-state index in [1.807, 2.05) is 5.32 Å². The molecular formula is C11H14F3N3O4. The first kappa shape index (κ1) is 16.8. The summed E-state index contributed by atoms with van der Waals surface area (Å²) in [6.07, 6.45) is -4.97. The molecule has 1 rings (SSSR count). The summed E-state index contributed by atoms with van der Waals surface area (Å²) >= 11 is 0. The minimum Gasteiger partial charge on any atom is -0.477 e. The summed E-state index contributed by atoms with van der Waals surface area (Å²) in [6.45, 7) is 3.12. The Balaban J connectivity index is 3.04. The minimum absolute atomic E-state index is 0.341. The highest BCUT2D eigenvalue weighted by Gasteiger charge is 2.32. The van der Waals surface area contributed by atoms with Gasteiger partial charge in [-0.2, -0.15) is 18.3 Å². The summed E-state index contributed by atoms with van der Waals surface area (Å²) < 4.78 is 42.4. The Bertz CT molecular complexity index is 546. The number of carbonyl (C=O) groups excluding carboxylic acids is 1. The second-order valence-electron chi connectivity index (χ2n) is 5.11. The number of carbonyl (C=O) groups is 2. The molecule has 21 heavy (non-hydrogen) atoms. The third kappa shape index (κ3) is 5.32. The van der Waals surface area contributed by atoms with E-state index in [4.69, 9.17) is 9.84 Å². The Morgan fingerprint density at radius 1 is 1.38 bits per heavy atom. The van der Waals surface area contributed by atoms with Gasteiger partial charge in [-0.25, -0.2) is 14.3 Å². The van der Waals surface area contributed by atoms with E-state index in [2.05, 4.69) is 5.10 Å². The van der Waals surface area contributed by atoms with Gasteiger partial charge in [0.05, 0.1) is 6.20 Å². The Morgan fingerprint density at radius 2 is 1.95 bits per heavy atom. The van der Waals surface area contributed by atoms with Gasteiger partial charge in [-0.15, -0.1) is 0 Å². The number of alkyl halides is 3. The van der Waals surface area contributed by atoms with Crippen molar-refractivity contribution in [3.63, 3.8) is 0 Å². The van der Waals surface area contributed by atoms with Crippen LogP contribution in [0, 0.1) is 0 Å². The van der Waals surface area contributed by atoms with Crippen molar-refractivity contribution < 1.29 is 32.6 Å². The lowest BCUT2D eigenvalue weighted by Crippen LogP contribution is -2.29. The molecule has 1 aromatic heterocycles. The molecule has 7 nitrogen and oxygen atoms in total. The van der Waals surface area contributed by atoms with E-state index in [0.29, 0.717) is 4.68 Å². The fourth-order valence-electron chi connectivity index (χ4n) is 1.36. The number of anilines is 1. The average Bonchev–Trinajstić information content (AvgIpc) is 2.55. The molecule has 0 radical (unpaired) electrons. The maximum atomic E-state index is 12.4. The van der Waals surface area contributed by atoms with Gasteiger partial charge in [0.1, 0.15) is 23.5 Å². The predicted molar refractivity (Wildman–Crippen MR) is 65.1 cm³/mol. The maximum Gasteiger partial charge on any atom is 0.413 e. The number of carboxylic acids is 1. The Hall–Kier alpha value is -2.26. The van der Waals surface area contributed by atoms with Gasteiger partial charge < -0.3 is 9.84 Å². The van der Waals surface area contributed by atoms with E-state index < -0.39 is 41.8 Å². The SMILES string of the molecule is CC(C)(C)OC(=O)Nc1c(C(=O)O)cnn1CC(F)(F)F. The van der Waals surface area contributed by atoms with Gasteiger partial charge in [-0.1, -0.05) is 0 Å². The number of hydrogen-bond acceptors (Lipinski definition) is 4. The molecule has 0 unspecified atom stereocenters. The summed E-state index contributed by atoms with van der Waals surface area (Å²) in [6, 6.07) is 0. The number of rotatable bonds is 3. The fourth-order valence-corrected chi connectivity index (χ4v) is 1.36. The van der Waals surface area contributed by atoms with E-state index >= 15 is 0 Å². The van der Waals surface area contributed by atoms with E-state index in [1.165, 1.54) is 0 Å². The zero-order chi connectivity index (χ0) is 16.4. The van der Waals surface area contributed by atoms with E-state index in [9.17, 15) is 22.8 Å². The van der Waals surface area contributed by atoms with Crippen molar-refractivity contribution in [2.24, 2.45) is 0 Å². The number of nitrogens with one attached hydrogen (secondary N) is 1. The first-order valence-electron chi connectivity index (χ1n) is 5.75. The standard InChI is InChI=1S/C11H14F3N3O4/c1-10(2,3)21-9(20)16-7-6(8(18)19)4-15-17(7)5-11(12,13)14/h4H,5H2,1-3H3,(H,16,20)(H,18,19).